The van der Waals surface area contributed by atoms with Crippen LogP contribution in [0.4, 0.5) is 0 Å². The maximum atomic E-state index is 8.25. The average molecular weight is 390 g/mol. The van der Waals surface area contributed by atoms with E-state index in [0.717, 1.165) is 33.6 Å². The molecule has 0 aromatic rings. The van der Waals surface area contributed by atoms with Gasteiger partial charge in [-0.3, -0.25) is 0 Å². The second-order valence-corrected chi connectivity index (χ2v) is 3.23. The van der Waals surface area contributed by atoms with Crippen molar-refractivity contribution in [2.24, 2.45) is 0 Å². The molecule has 0 bridgehead atoms. The van der Waals surface area contributed by atoms with Crippen LogP contribution in [0.3, 0.4) is 0 Å². The van der Waals surface area contributed by atoms with Gasteiger partial charge >= 0.3 is 23.7 Å². The van der Waals surface area contributed by atoms with Gasteiger partial charge in [0.1, 0.15) is 0 Å². The molecule has 0 heterocycles. The van der Waals surface area contributed by atoms with Crippen LogP contribution in [0.2, 0.25) is 0 Å². The van der Waals surface area contributed by atoms with E-state index in [0.29, 0.717) is 39.6 Å². The van der Waals surface area contributed by atoms with Crippen molar-refractivity contribution in [3.63, 3.8) is 0 Å². The van der Waals surface area contributed by atoms with E-state index in [2.05, 4.69) is 13.8 Å². The van der Waals surface area contributed by atoms with E-state index in [4.69, 9.17) is 32.5 Å². The summed E-state index contributed by atoms with van der Waals surface area (Å²) in [6.07, 6.45) is 0. The molecule has 0 aromatic carbocycles. The minimum atomic E-state index is 0.133. The van der Waals surface area contributed by atoms with Crippen molar-refractivity contribution in [1.82, 2.24) is 0 Å². The molecule has 0 unspecified atom stereocenters. The van der Waals surface area contributed by atoms with Crippen molar-refractivity contribution in [2.45, 2.75) is 27.7 Å². The minimum absolute atomic E-state index is 0.133. The summed E-state index contributed by atoms with van der Waals surface area (Å²) in [7, 11) is 0. The van der Waals surface area contributed by atoms with Crippen molar-refractivity contribution >= 4 is 0 Å². The number of ether oxygens (including phenoxy) is 4. The van der Waals surface area contributed by atoms with Gasteiger partial charge in [-0.05, 0) is 27.7 Å². The van der Waals surface area contributed by atoms with Crippen molar-refractivity contribution in [2.75, 3.05) is 66.1 Å². The summed E-state index contributed by atoms with van der Waals surface area (Å²) >= 11 is 0.750. The Kier molecular flexibility index (Phi) is 83.6. The predicted molar refractivity (Wildman–Crippen MR) is 91.5 cm³/mol. The Morgan fingerprint density at radius 2 is 0.917 bits per heavy atom. The van der Waals surface area contributed by atoms with Crippen LogP contribution in [-0.2, 0) is 42.7 Å². The fourth-order valence-corrected chi connectivity index (χ4v) is 0.706. The molecular weight excluding hydrogens is 352 g/mol. The zero-order valence-electron chi connectivity index (χ0n) is 15.9. The van der Waals surface area contributed by atoms with Gasteiger partial charge in [0.15, 0.2) is 0 Å². The number of aliphatic hydroxyl groups is 2. The molecule has 148 valence electrons. The second-order valence-electron chi connectivity index (χ2n) is 3.23. The van der Waals surface area contributed by atoms with Crippen LogP contribution < -0.4 is 0 Å². The van der Waals surface area contributed by atoms with E-state index in [9.17, 15) is 0 Å². The summed E-state index contributed by atoms with van der Waals surface area (Å²) < 4.78 is 27.2. The standard InChI is InChI=1S/2C4H10O2.2C4H9O.O.Ti/c2*1-2-6-4-3-5;2*1-3-5-4-2;;/h2*5H,2-4H2,1H3;2*1,3-4H2,2H3;;/q;;2*-1;;+2. The first kappa shape index (κ1) is 35.4. The Labute approximate surface area is 160 Å². The van der Waals surface area contributed by atoms with Crippen LogP contribution in [0.25, 0.3) is 0 Å². The van der Waals surface area contributed by atoms with Crippen LogP contribution in [0.1, 0.15) is 27.7 Å². The third-order valence-corrected chi connectivity index (χ3v) is 1.58. The molecule has 0 aliphatic heterocycles. The van der Waals surface area contributed by atoms with Crippen LogP contribution >= 0.6 is 0 Å². The first-order chi connectivity index (χ1) is 11.7. The average Bonchev–Trinajstić information content (AvgIpc) is 2.63. The van der Waals surface area contributed by atoms with Crippen LogP contribution in [0, 0.1) is 13.8 Å². The molecule has 24 heavy (non-hydrogen) atoms. The van der Waals surface area contributed by atoms with Gasteiger partial charge in [-0.1, -0.05) is 13.2 Å². The summed E-state index contributed by atoms with van der Waals surface area (Å²) in [6, 6.07) is 0. The fraction of sp³-hybridized carbons (Fsp3) is 0.875. The summed E-state index contributed by atoms with van der Waals surface area (Å²) in [5, 5.41) is 16.1. The normalized spacial score (nSPS) is 8.25. The van der Waals surface area contributed by atoms with Gasteiger partial charge in [-0.25, -0.2) is 0 Å². The van der Waals surface area contributed by atoms with E-state index >= 15 is 0 Å². The van der Waals surface area contributed by atoms with Crippen molar-refractivity contribution in [3.05, 3.63) is 13.8 Å². The molecule has 0 spiro atoms. The fourth-order valence-electron chi connectivity index (χ4n) is 0.706. The van der Waals surface area contributed by atoms with E-state index in [1.807, 2.05) is 27.7 Å². The van der Waals surface area contributed by atoms with Gasteiger partial charge < -0.3 is 43.0 Å². The van der Waals surface area contributed by atoms with Gasteiger partial charge in [0, 0.05) is 26.4 Å². The summed E-state index contributed by atoms with van der Waals surface area (Å²) in [5.41, 5.74) is 0. The zero-order chi connectivity index (χ0) is 19.9. The van der Waals surface area contributed by atoms with Gasteiger partial charge in [0.05, 0.1) is 26.4 Å². The molecule has 0 aliphatic carbocycles. The second kappa shape index (κ2) is 56.7. The topological polar surface area (TPSA) is 94.5 Å². The van der Waals surface area contributed by atoms with E-state index in [1.54, 1.807) is 0 Å². The summed E-state index contributed by atoms with van der Waals surface area (Å²) in [6.45, 7) is 19.9. The Hall–Kier alpha value is 0.274. The molecule has 0 aliphatic rings. The molecule has 0 aromatic heterocycles. The molecule has 8 heteroatoms. The summed E-state index contributed by atoms with van der Waals surface area (Å²) in [4.78, 5) is 0. The molecule has 2 N–H and O–H groups in total. The SMILES string of the molecule is CCOCCO.CCOCCO.[CH2-]COCC.[CH2-]COCC.[O]=[Ti+2]. The van der Waals surface area contributed by atoms with E-state index in [-0.39, 0.29) is 13.2 Å². The summed E-state index contributed by atoms with van der Waals surface area (Å²) in [5.74, 6) is 0. The van der Waals surface area contributed by atoms with Gasteiger partial charge in [-0.2, -0.15) is 0 Å². The van der Waals surface area contributed by atoms with Gasteiger partial charge in [0.2, 0.25) is 0 Å². The van der Waals surface area contributed by atoms with Crippen molar-refractivity contribution in [1.29, 1.82) is 0 Å². The van der Waals surface area contributed by atoms with Crippen molar-refractivity contribution < 1.29 is 52.9 Å². The number of aliphatic hydroxyl groups excluding tert-OH is 2. The maximum absolute atomic E-state index is 8.25. The number of rotatable bonds is 10. The molecule has 0 fully saturated rings. The molecule has 0 saturated carbocycles. The first-order valence-electron chi connectivity index (χ1n) is 7.97. The van der Waals surface area contributed by atoms with Gasteiger partial charge in [0.25, 0.3) is 0 Å². The predicted octanol–water partition coefficient (Wildman–Crippen LogP) is 1.62. The Morgan fingerprint density at radius 1 is 0.667 bits per heavy atom. The molecule has 0 atom stereocenters. The quantitative estimate of drug-likeness (QED) is 0.333. The van der Waals surface area contributed by atoms with Crippen LogP contribution in [-0.4, -0.2) is 76.3 Å². The molecule has 0 rings (SSSR count). The van der Waals surface area contributed by atoms with E-state index in [1.165, 1.54) is 0 Å². The third kappa shape index (κ3) is 95.5. The van der Waals surface area contributed by atoms with Crippen molar-refractivity contribution in [3.8, 4) is 0 Å². The monoisotopic (exact) mass is 390 g/mol. The third-order valence-electron chi connectivity index (χ3n) is 1.58. The molecule has 7 nitrogen and oxygen atoms in total. The Morgan fingerprint density at radius 3 is 0.958 bits per heavy atom. The van der Waals surface area contributed by atoms with Crippen LogP contribution in [0.5, 0.6) is 0 Å². The number of hydrogen-bond donors (Lipinski definition) is 2. The van der Waals surface area contributed by atoms with Crippen LogP contribution in [0.15, 0.2) is 0 Å². The Bertz CT molecular complexity index is 118. The van der Waals surface area contributed by atoms with E-state index < -0.39 is 0 Å². The van der Waals surface area contributed by atoms with Gasteiger partial charge in [-0.15, -0.1) is 0 Å². The first-order valence-corrected chi connectivity index (χ1v) is 8.61. The molecule has 0 amide bonds. The zero-order valence-corrected chi connectivity index (χ0v) is 17.5. The Balaban J connectivity index is -0.0000000647. The number of hydrogen-bond acceptors (Lipinski definition) is 7. The molecule has 0 saturated heterocycles. The molecule has 0 radical (unpaired) electrons. The molecular formula is C16H38O7Ti.